The molecule has 0 radical (unpaired) electrons. The molecular weight excluding hydrogens is 447 g/mol. The van der Waals surface area contributed by atoms with Crippen molar-refractivity contribution < 1.29 is 13.7 Å². The lowest BCUT2D eigenvalue weighted by molar-refractivity contribution is 0.0336. The molecule has 0 aliphatic heterocycles. The summed E-state index contributed by atoms with van der Waals surface area (Å²) in [6, 6.07) is 10.2. The molecule has 168 valence electrons. The van der Waals surface area contributed by atoms with E-state index in [0.717, 1.165) is 0 Å². The van der Waals surface area contributed by atoms with E-state index in [-0.39, 0.29) is 54.2 Å². The largest absolute Gasteiger partial charge is 0.337 e. The van der Waals surface area contributed by atoms with E-state index in [1.807, 2.05) is 6.07 Å². The number of pyridine rings is 1. The van der Waals surface area contributed by atoms with Gasteiger partial charge in [0.05, 0.1) is 12.1 Å². The molecule has 2 aromatic heterocycles. The summed E-state index contributed by atoms with van der Waals surface area (Å²) in [5, 5.41) is 13.6. The van der Waals surface area contributed by atoms with Gasteiger partial charge in [-0.25, -0.2) is 14.4 Å². The van der Waals surface area contributed by atoms with Crippen molar-refractivity contribution in [2.75, 3.05) is 7.05 Å². The van der Waals surface area contributed by atoms with Gasteiger partial charge < -0.3 is 9.42 Å². The summed E-state index contributed by atoms with van der Waals surface area (Å²) < 4.78 is 20.5. The Morgan fingerprint density at radius 1 is 1.39 bits per heavy atom. The highest BCUT2D eigenvalue weighted by atomic mass is 35.5. The van der Waals surface area contributed by atoms with Gasteiger partial charge in [0.1, 0.15) is 17.4 Å². The second-order valence-corrected chi connectivity index (χ2v) is 8.51. The van der Waals surface area contributed by atoms with Crippen LogP contribution >= 0.6 is 11.6 Å². The van der Waals surface area contributed by atoms with Gasteiger partial charge in [-0.15, -0.1) is 0 Å². The Balaban J connectivity index is 1.43. The minimum absolute atomic E-state index is 0.0481. The summed E-state index contributed by atoms with van der Waals surface area (Å²) in [4.78, 5) is 26.6. The number of halogens is 2. The van der Waals surface area contributed by atoms with Gasteiger partial charge in [0, 0.05) is 18.0 Å². The number of nitrogens with zero attached hydrogens (tertiary/aromatic N) is 6. The van der Waals surface area contributed by atoms with E-state index in [0.29, 0.717) is 22.0 Å². The first-order chi connectivity index (χ1) is 15.7. The highest BCUT2D eigenvalue weighted by Crippen LogP contribution is 2.53. The summed E-state index contributed by atoms with van der Waals surface area (Å²) in [5.41, 5.74) is 0.0871. The molecule has 0 saturated heterocycles. The number of aromatic nitrogens is 3. The smallest absolute Gasteiger partial charge is 0.258 e. The van der Waals surface area contributed by atoms with Crippen molar-refractivity contribution in [3.05, 3.63) is 69.5 Å². The van der Waals surface area contributed by atoms with E-state index >= 15 is 4.39 Å². The first kappa shape index (κ1) is 22.6. The number of benzene rings is 1. The summed E-state index contributed by atoms with van der Waals surface area (Å²) in [5.74, 6) is 0.186. The van der Waals surface area contributed by atoms with Gasteiger partial charge in [-0.3, -0.25) is 4.79 Å². The molecule has 0 unspecified atom stereocenters. The van der Waals surface area contributed by atoms with Crippen molar-refractivity contribution in [3.63, 3.8) is 0 Å². The summed E-state index contributed by atoms with van der Waals surface area (Å²) >= 11 is 5.88. The molecule has 8 nitrogen and oxygen atoms in total. The molecule has 1 aromatic carbocycles. The van der Waals surface area contributed by atoms with Crippen molar-refractivity contribution in [2.45, 2.75) is 37.9 Å². The van der Waals surface area contributed by atoms with Crippen LogP contribution in [0.3, 0.4) is 0 Å². The molecule has 0 spiro atoms. The van der Waals surface area contributed by atoms with Crippen LogP contribution in [-0.2, 0) is 12.2 Å². The second kappa shape index (κ2) is 8.71. The Morgan fingerprint density at radius 3 is 2.73 bits per heavy atom. The highest BCUT2D eigenvalue weighted by Gasteiger charge is 2.48. The monoisotopic (exact) mass is 466 g/mol. The number of aryl methyl sites for hydroxylation is 1. The number of nitriles is 1. The molecule has 1 amide bonds. The number of carbonyl (C=O) groups is 1. The average Bonchev–Trinajstić information content (AvgIpc) is 3.24. The van der Waals surface area contributed by atoms with Gasteiger partial charge in [-0.2, -0.15) is 10.2 Å². The Labute approximate surface area is 194 Å². The van der Waals surface area contributed by atoms with Gasteiger partial charge in [-0.1, -0.05) is 28.9 Å². The lowest BCUT2D eigenvalue weighted by Gasteiger charge is -2.40. The first-order valence-corrected chi connectivity index (χ1v) is 10.5. The summed E-state index contributed by atoms with van der Waals surface area (Å²) in [6.07, 6.45) is 0.486. The molecule has 0 bridgehead atoms. The molecule has 0 N–H and O–H groups in total. The van der Waals surface area contributed by atoms with Crippen LogP contribution in [0.15, 0.2) is 39.8 Å². The molecule has 2 heterocycles. The third-order valence-corrected chi connectivity index (χ3v) is 6.00. The van der Waals surface area contributed by atoms with Crippen LogP contribution in [0.5, 0.6) is 0 Å². The molecule has 10 heteroatoms. The van der Waals surface area contributed by atoms with Crippen LogP contribution in [0, 0.1) is 18.3 Å². The van der Waals surface area contributed by atoms with Crippen molar-refractivity contribution in [3.8, 4) is 6.07 Å². The fourth-order valence-electron chi connectivity index (χ4n) is 3.94. The van der Waals surface area contributed by atoms with Gasteiger partial charge >= 0.3 is 0 Å². The van der Waals surface area contributed by atoms with Crippen molar-refractivity contribution >= 4 is 30.0 Å². The van der Waals surface area contributed by atoms with Crippen LogP contribution < -0.4 is 0 Å². The second-order valence-electron chi connectivity index (χ2n) is 8.08. The van der Waals surface area contributed by atoms with E-state index in [9.17, 15) is 4.79 Å². The van der Waals surface area contributed by atoms with Gasteiger partial charge in [0.15, 0.2) is 11.6 Å². The molecule has 1 saturated carbocycles. The standard InChI is InChI=1S/C23H20ClFN6O2/c1-13-8-17(11-26)28-21(27-2)19(13)22(32)31(3)12-18-29-20(30-33-18)14-9-23(25,10-14)15-4-6-16(24)7-5-15/h4-8,14H,2,9-10,12H2,1,3H3/t14-,23+. The third-order valence-electron chi connectivity index (χ3n) is 5.75. The van der Waals surface area contributed by atoms with E-state index in [1.165, 1.54) is 11.0 Å². The minimum atomic E-state index is -1.45. The number of amides is 1. The van der Waals surface area contributed by atoms with Gasteiger partial charge in [0.2, 0.25) is 5.89 Å². The Bertz CT molecular complexity index is 1260. The predicted molar refractivity (Wildman–Crippen MR) is 119 cm³/mol. The lowest BCUT2D eigenvalue weighted by Crippen LogP contribution is -2.36. The average molecular weight is 467 g/mol. The summed E-state index contributed by atoms with van der Waals surface area (Å²) in [7, 11) is 1.58. The quantitative estimate of drug-likeness (QED) is 0.489. The topological polar surface area (TPSA) is 108 Å². The Morgan fingerprint density at radius 2 is 2.09 bits per heavy atom. The summed E-state index contributed by atoms with van der Waals surface area (Å²) in [6.45, 7) is 5.19. The first-order valence-electron chi connectivity index (χ1n) is 10.2. The zero-order valence-corrected chi connectivity index (χ0v) is 18.8. The van der Waals surface area contributed by atoms with Crippen molar-refractivity contribution in [1.82, 2.24) is 20.0 Å². The number of alkyl halides is 1. The number of hydrogen-bond donors (Lipinski definition) is 0. The Kier molecular flexibility index (Phi) is 5.95. The van der Waals surface area contributed by atoms with E-state index < -0.39 is 5.67 Å². The van der Waals surface area contributed by atoms with Crippen molar-refractivity contribution in [2.24, 2.45) is 4.99 Å². The fourth-order valence-corrected chi connectivity index (χ4v) is 4.07. The zero-order valence-electron chi connectivity index (χ0n) is 18.0. The van der Waals surface area contributed by atoms with E-state index in [2.05, 4.69) is 26.8 Å². The molecule has 1 fully saturated rings. The van der Waals surface area contributed by atoms with Gasteiger partial charge in [0.25, 0.3) is 5.91 Å². The highest BCUT2D eigenvalue weighted by molar-refractivity contribution is 6.30. The van der Waals surface area contributed by atoms with Gasteiger partial charge in [-0.05, 0) is 55.8 Å². The third kappa shape index (κ3) is 4.34. The number of aliphatic imine (C=N–C) groups is 1. The number of hydrogen-bond acceptors (Lipinski definition) is 7. The maximum absolute atomic E-state index is 15.2. The minimum Gasteiger partial charge on any atom is -0.337 e. The zero-order chi connectivity index (χ0) is 23.8. The molecule has 3 aromatic rings. The van der Waals surface area contributed by atoms with Crippen molar-refractivity contribution in [1.29, 1.82) is 5.26 Å². The predicted octanol–water partition coefficient (Wildman–Crippen LogP) is 4.64. The SMILES string of the molecule is C=Nc1nc(C#N)cc(C)c1C(=O)N(C)Cc1nc([C@H]2C[C@](F)(c3ccc(Cl)cc3)C2)no1. The van der Waals surface area contributed by atoms with E-state index in [1.54, 1.807) is 38.2 Å². The maximum atomic E-state index is 15.2. The number of carbonyl (C=O) groups excluding carboxylic acids is 1. The van der Waals surface area contributed by atoms with Crippen LogP contribution in [-0.4, -0.2) is 39.7 Å². The van der Waals surface area contributed by atoms with Crippen LogP contribution in [0.2, 0.25) is 5.02 Å². The maximum Gasteiger partial charge on any atom is 0.258 e. The Hall–Kier alpha value is -3.64. The van der Waals surface area contributed by atoms with E-state index in [4.69, 9.17) is 21.4 Å². The molecule has 33 heavy (non-hydrogen) atoms. The lowest BCUT2D eigenvalue weighted by atomic mass is 9.68. The molecule has 4 rings (SSSR count). The number of rotatable bonds is 6. The normalized spacial score (nSPS) is 19.4. The van der Waals surface area contributed by atoms with Crippen LogP contribution in [0.4, 0.5) is 10.2 Å². The van der Waals surface area contributed by atoms with Crippen LogP contribution in [0.25, 0.3) is 0 Å². The molecule has 0 atom stereocenters. The molecule has 1 aliphatic carbocycles. The fraction of sp³-hybridized carbons (Fsp3) is 0.304. The molecule has 1 aliphatic rings. The van der Waals surface area contributed by atoms with Crippen LogP contribution in [0.1, 0.15) is 57.7 Å². The molecular formula is C23H20ClFN6O2.